The maximum atomic E-state index is 12.5. The van der Waals surface area contributed by atoms with E-state index >= 15 is 0 Å². The van der Waals surface area contributed by atoms with E-state index in [-0.39, 0.29) is 18.3 Å². The molecule has 0 spiro atoms. The molecule has 0 heterocycles. The highest BCUT2D eigenvalue weighted by molar-refractivity contribution is 6.02. The van der Waals surface area contributed by atoms with Crippen molar-refractivity contribution in [2.24, 2.45) is 17.3 Å². The number of fused-ring (bicyclic) bond motifs is 1. The molecule has 0 aliphatic heterocycles. The van der Waals surface area contributed by atoms with Gasteiger partial charge in [-0.05, 0) is 54.4 Å². The zero-order valence-electron chi connectivity index (χ0n) is 20.5. The maximum Gasteiger partial charge on any atom is 0.313 e. The molecule has 6 heteroatoms. The third-order valence-corrected chi connectivity index (χ3v) is 8.00. The highest BCUT2D eigenvalue weighted by Gasteiger charge is 2.55. The Balaban J connectivity index is 1.77. The van der Waals surface area contributed by atoms with Crippen molar-refractivity contribution in [1.82, 2.24) is 0 Å². The molecular weight excluding hydrogens is 432 g/mol. The second-order valence-electron chi connectivity index (χ2n) is 9.40. The Bertz CT molecular complexity index is 1090. The first-order valence-corrected chi connectivity index (χ1v) is 12.2. The Morgan fingerprint density at radius 3 is 2.35 bits per heavy atom. The van der Waals surface area contributed by atoms with Gasteiger partial charge in [0.1, 0.15) is 12.0 Å². The van der Waals surface area contributed by atoms with Gasteiger partial charge in [0.25, 0.3) is 0 Å². The lowest BCUT2D eigenvalue weighted by atomic mass is 9.55. The highest BCUT2D eigenvalue weighted by Crippen LogP contribution is 2.54. The summed E-state index contributed by atoms with van der Waals surface area (Å²) in [4.78, 5) is 24.9. The summed E-state index contributed by atoms with van der Waals surface area (Å²) < 4.78 is 17.6. The minimum absolute atomic E-state index is 0.0635. The van der Waals surface area contributed by atoms with Crippen LogP contribution in [0.5, 0.6) is 17.2 Å². The second-order valence-corrected chi connectivity index (χ2v) is 9.40. The van der Waals surface area contributed by atoms with E-state index in [0.29, 0.717) is 42.4 Å². The van der Waals surface area contributed by atoms with Crippen molar-refractivity contribution < 1.29 is 28.9 Å². The Kier molecular flexibility index (Phi) is 6.87. The van der Waals surface area contributed by atoms with E-state index in [1.165, 1.54) is 0 Å². The van der Waals surface area contributed by atoms with Crippen molar-refractivity contribution in [3.8, 4) is 28.4 Å². The van der Waals surface area contributed by atoms with E-state index in [0.717, 1.165) is 41.5 Å². The molecule has 2 atom stereocenters. The first-order chi connectivity index (χ1) is 16.4. The molecule has 2 aliphatic rings. The van der Waals surface area contributed by atoms with Crippen molar-refractivity contribution in [2.45, 2.75) is 52.4 Å². The van der Waals surface area contributed by atoms with Crippen LogP contribution in [0.3, 0.4) is 0 Å². The van der Waals surface area contributed by atoms with Crippen molar-refractivity contribution in [3.05, 3.63) is 41.5 Å². The number of carboxylic acid groups (broad SMARTS) is 1. The largest absolute Gasteiger partial charge is 0.493 e. The number of ether oxygens (including phenoxy) is 3. The quantitative estimate of drug-likeness (QED) is 0.477. The third-order valence-electron chi connectivity index (χ3n) is 8.00. The molecule has 1 N–H and O–H groups in total. The van der Waals surface area contributed by atoms with Gasteiger partial charge in [-0.1, -0.05) is 44.9 Å². The molecule has 0 bridgehead atoms. The number of carbonyl (C=O) groups excluding carboxylic acids is 1. The summed E-state index contributed by atoms with van der Waals surface area (Å²) in [6, 6.07) is 9.45. The molecule has 2 unspecified atom stereocenters. The van der Waals surface area contributed by atoms with Crippen molar-refractivity contribution in [2.75, 3.05) is 20.8 Å². The summed E-state index contributed by atoms with van der Waals surface area (Å²) in [6.07, 6.45) is 4.57. The Morgan fingerprint density at radius 2 is 1.76 bits per heavy atom. The van der Waals surface area contributed by atoms with Crippen LogP contribution in [0.1, 0.15) is 61.9 Å². The topological polar surface area (TPSA) is 82.1 Å². The number of aliphatic carboxylic acids is 1. The summed E-state index contributed by atoms with van der Waals surface area (Å²) >= 11 is 0. The van der Waals surface area contributed by atoms with Gasteiger partial charge >= 0.3 is 5.97 Å². The number of Topliss-reactive ketones (excluding diaryl/α,β-unsaturated/α-hetero) is 1. The van der Waals surface area contributed by atoms with Crippen LogP contribution < -0.4 is 14.2 Å². The molecule has 1 fully saturated rings. The number of rotatable bonds is 10. The van der Waals surface area contributed by atoms with Crippen LogP contribution in [0.25, 0.3) is 11.1 Å². The van der Waals surface area contributed by atoms with Gasteiger partial charge in [0.05, 0.1) is 14.2 Å². The fraction of sp³-hybridized carbons (Fsp3) is 0.500. The molecule has 2 aliphatic carbocycles. The van der Waals surface area contributed by atoms with Gasteiger partial charge in [-0.3, -0.25) is 9.59 Å². The van der Waals surface area contributed by atoms with Gasteiger partial charge < -0.3 is 19.3 Å². The number of ketones is 1. The molecule has 0 amide bonds. The lowest BCUT2D eigenvalue weighted by Crippen LogP contribution is -2.53. The van der Waals surface area contributed by atoms with Gasteiger partial charge in [-0.2, -0.15) is 0 Å². The van der Waals surface area contributed by atoms with Crippen molar-refractivity contribution >= 4 is 11.8 Å². The van der Waals surface area contributed by atoms with E-state index in [4.69, 9.17) is 14.2 Å². The number of hydrogen-bond donors (Lipinski definition) is 1. The first-order valence-electron chi connectivity index (χ1n) is 12.2. The molecule has 0 radical (unpaired) electrons. The Labute approximate surface area is 201 Å². The molecule has 4 rings (SSSR count). The lowest BCUT2D eigenvalue weighted by molar-refractivity contribution is -0.169. The van der Waals surface area contributed by atoms with Gasteiger partial charge in [0.15, 0.2) is 17.3 Å². The highest BCUT2D eigenvalue weighted by atomic mass is 16.5. The molecule has 2 aromatic carbocycles. The van der Waals surface area contributed by atoms with Crippen LogP contribution >= 0.6 is 0 Å². The fourth-order valence-corrected chi connectivity index (χ4v) is 5.91. The SMILES string of the molecule is CCC(CC)C1CCC1(COc1c(-c2cccc3c2CCC3=O)ccc(OC)c1OC)C(=O)O. The molecule has 6 nitrogen and oxygen atoms in total. The summed E-state index contributed by atoms with van der Waals surface area (Å²) in [6.45, 7) is 4.31. The number of carbonyl (C=O) groups is 2. The monoisotopic (exact) mass is 466 g/mol. The van der Waals surface area contributed by atoms with Crippen LogP contribution in [-0.2, 0) is 11.2 Å². The molecule has 2 aromatic rings. The normalized spacial score (nSPS) is 21.2. The number of carboxylic acids is 1. The Morgan fingerprint density at radius 1 is 1.03 bits per heavy atom. The Hall–Kier alpha value is -3.02. The summed E-state index contributed by atoms with van der Waals surface area (Å²) in [7, 11) is 3.12. The van der Waals surface area contributed by atoms with Crippen LogP contribution in [0, 0.1) is 17.3 Å². The number of hydrogen-bond acceptors (Lipinski definition) is 5. The van der Waals surface area contributed by atoms with E-state index in [2.05, 4.69) is 13.8 Å². The molecule has 1 saturated carbocycles. The van der Waals surface area contributed by atoms with Gasteiger partial charge in [-0.15, -0.1) is 0 Å². The number of methoxy groups -OCH3 is 2. The lowest BCUT2D eigenvalue weighted by Gasteiger charge is -2.49. The maximum absolute atomic E-state index is 12.5. The zero-order valence-corrected chi connectivity index (χ0v) is 20.5. The van der Waals surface area contributed by atoms with Crippen molar-refractivity contribution in [3.63, 3.8) is 0 Å². The summed E-state index contributed by atoms with van der Waals surface area (Å²) in [5.74, 6) is 1.19. The van der Waals surface area contributed by atoms with Crippen LogP contribution in [0.2, 0.25) is 0 Å². The van der Waals surface area contributed by atoms with Crippen molar-refractivity contribution in [1.29, 1.82) is 0 Å². The minimum Gasteiger partial charge on any atom is -0.493 e. The van der Waals surface area contributed by atoms with Gasteiger partial charge in [-0.25, -0.2) is 0 Å². The fourth-order valence-electron chi connectivity index (χ4n) is 5.91. The molecule has 34 heavy (non-hydrogen) atoms. The second kappa shape index (κ2) is 9.69. The molecule has 0 saturated heterocycles. The summed E-state index contributed by atoms with van der Waals surface area (Å²) in [5.41, 5.74) is 2.51. The van der Waals surface area contributed by atoms with Gasteiger partial charge in [0.2, 0.25) is 5.75 Å². The van der Waals surface area contributed by atoms with E-state index in [1.54, 1.807) is 14.2 Å². The zero-order chi connectivity index (χ0) is 24.5. The van der Waals surface area contributed by atoms with E-state index < -0.39 is 11.4 Å². The molecular formula is C28H34O6. The molecule has 182 valence electrons. The average Bonchev–Trinajstić information content (AvgIpc) is 3.22. The predicted octanol–water partition coefficient (Wildman–Crippen LogP) is 5.80. The van der Waals surface area contributed by atoms with Crippen LogP contribution in [-0.4, -0.2) is 37.7 Å². The van der Waals surface area contributed by atoms with Crippen LogP contribution in [0.15, 0.2) is 30.3 Å². The molecule has 0 aromatic heterocycles. The minimum atomic E-state index is -0.920. The summed E-state index contributed by atoms with van der Waals surface area (Å²) in [5, 5.41) is 10.3. The van der Waals surface area contributed by atoms with Gasteiger partial charge in [0, 0.05) is 17.5 Å². The predicted molar refractivity (Wildman–Crippen MR) is 130 cm³/mol. The number of benzene rings is 2. The average molecular weight is 467 g/mol. The van der Waals surface area contributed by atoms with Crippen LogP contribution in [0.4, 0.5) is 0 Å². The van der Waals surface area contributed by atoms with E-state index in [1.807, 2.05) is 30.3 Å². The van der Waals surface area contributed by atoms with E-state index in [9.17, 15) is 14.7 Å². The smallest absolute Gasteiger partial charge is 0.313 e. The standard InChI is InChI=1S/C28H34O6/c1-5-17(6-2)22-14-15-28(22,27(30)31)16-34-25-21(11-13-24(32-3)26(25)33-4)18-8-7-9-20-19(18)10-12-23(20)29/h7-9,11,13,17,22H,5-6,10,12,14-16H2,1-4H3,(H,30,31). The third kappa shape index (κ3) is 3.83. The first kappa shape index (κ1) is 24.1.